The van der Waals surface area contributed by atoms with E-state index in [1.54, 1.807) is 21.9 Å². The summed E-state index contributed by atoms with van der Waals surface area (Å²) in [5.74, 6) is 0.268. The summed E-state index contributed by atoms with van der Waals surface area (Å²) in [5, 5.41) is 0. The molecule has 37 heavy (non-hydrogen) atoms. The molecule has 1 unspecified atom stereocenters. The first-order chi connectivity index (χ1) is 18.1. The van der Waals surface area contributed by atoms with Gasteiger partial charge in [-0.2, -0.15) is 0 Å². The van der Waals surface area contributed by atoms with Gasteiger partial charge in [0.15, 0.2) is 0 Å². The zero-order chi connectivity index (χ0) is 25.8. The van der Waals surface area contributed by atoms with Crippen LogP contribution in [0.4, 0.5) is 10.1 Å². The molecule has 0 saturated heterocycles. The first-order valence-electron chi connectivity index (χ1n) is 13.7. The van der Waals surface area contributed by atoms with Crippen molar-refractivity contribution in [3.05, 3.63) is 83.9 Å². The van der Waals surface area contributed by atoms with E-state index in [2.05, 4.69) is 11.5 Å². The number of fused-ring (bicyclic) bond motifs is 3. The molecule has 2 heterocycles. The Hall–Kier alpha value is -3.41. The Morgan fingerprint density at radius 1 is 0.973 bits per heavy atom. The van der Waals surface area contributed by atoms with Crippen molar-refractivity contribution >= 4 is 17.5 Å². The molecule has 0 spiro atoms. The van der Waals surface area contributed by atoms with Crippen molar-refractivity contribution in [2.24, 2.45) is 5.92 Å². The third-order valence-electron chi connectivity index (χ3n) is 7.88. The summed E-state index contributed by atoms with van der Waals surface area (Å²) < 4.78 is 15.9. The number of carbonyl (C=O) groups excluding carboxylic acids is 2. The molecule has 194 valence electrons. The first-order valence-corrected chi connectivity index (χ1v) is 13.7. The fraction of sp³-hybridized carbons (Fsp3) is 0.419. The van der Waals surface area contributed by atoms with Crippen LogP contribution in [-0.2, 0) is 9.59 Å². The number of halogens is 1. The molecule has 1 aromatic heterocycles. The third-order valence-corrected chi connectivity index (χ3v) is 7.88. The number of hydrogen-bond acceptors (Lipinski definition) is 2. The van der Waals surface area contributed by atoms with Gasteiger partial charge in [-0.1, -0.05) is 63.3 Å². The average molecular weight is 502 g/mol. The van der Waals surface area contributed by atoms with Crippen LogP contribution in [0.25, 0.3) is 5.69 Å². The predicted molar refractivity (Wildman–Crippen MR) is 144 cm³/mol. The van der Waals surface area contributed by atoms with Crippen molar-refractivity contribution in [3.8, 4) is 5.69 Å². The second-order valence-electron chi connectivity index (χ2n) is 10.4. The second-order valence-corrected chi connectivity index (χ2v) is 10.4. The average Bonchev–Trinajstić information content (AvgIpc) is 3.62. The molecule has 3 aromatic rings. The van der Waals surface area contributed by atoms with Crippen LogP contribution in [0.15, 0.2) is 66.9 Å². The predicted octanol–water partition coefficient (Wildman–Crippen LogP) is 6.65. The van der Waals surface area contributed by atoms with Crippen LogP contribution >= 0.6 is 0 Å². The monoisotopic (exact) mass is 501 g/mol. The highest BCUT2D eigenvalue weighted by Gasteiger charge is 2.37. The first kappa shape index (κ1) is 25.2. The molecule has 1 aliphatic carbocycles. The van der Waals surface area contributed by atoms with E-state index in [0.717, 1.165) is 41.9 Å². The zero-order valence-corrected chi connectivity index (χ0v) is 21.6. The highest BCUT2D eigenvalue weighted by Crippen LogP contribution is 2.42. The number of amides is 2. The van der Waals surface area contributed by atoms with E-state index in [4.69, 9.17) is 0 Å². The van der Waals surface area contributed by atoms with Gasteiger partial charge in [-0.3, -0.25) is 14.5 Å². The molecular weight excluding hydrogens is 465 g/mol. The molecule has 0 N–H and O–H groups in total. The van der Waals surface area contributed by atoms with Crippen LogP contribution in [0.2, 0.25) is 0 Å². The minimum Gasteiger partial charge on any atom is -0.333 e. The number of hydrogen-bond donors (Lipinski definition) is 0. The van der Waals surface area contributed by atoms with E-state index >= 15 is 0 Å². The quantitative estimate of drug-likeness (QED) is 0.329. The van der Waals surface area contributed by atoms with E-state index < -0.39 is 6.04 Å². The van der Waals surface area contributed by atoms with Gasteiger partial charge >= 0.3 is 0 Å². The maximum absolute atomic E-state index is 14.1. The van der Waals surface area contributed by atoms with Gasteiger partial charge in [0.2, 0.25) is 11.8 Å². The highest BCUT2D eigenvalue weighted by molar-refractivity contribution is 6.00. The van der Waals surface area contributed by atoms with E-state index in [1.807, 2.05) is 42.6 Å². The van der Waals surface area contributed by atoms with Crippen molar-refractivity contribution in [1.29, 1.82) is 0 Å². The lowest BCUT2D eigenvalue weighted by Gasteiger charge is -2.39. The minimum absolute atomic E-state index is 0.0379. The number of nitrogens with zero attached hydrogens (tertiary/aromatic N) is 3. The maximum Gasteiger partial charge on any atom is 0.247 e. The van der Waals surface area contributed by atoms with Crippen LogP contribution in [0.3, 0.4) is 0 Å². The fourth-order valence-corrected chi connectivity index (χ4v) is 5.89. The maximum atomic E-state index is 14.1. The van der Waals surface area contributed by atoms with Crippen molar-refractivity contribution in [1.82, 2.24) is 9.47 Å². The van der Waals surface area contributed by atoms with Gasteiger partial charge in [0, 0.05) is 19.2 Å². The summed E-state index contributed by atoms with van der Waals surface area (Å²) in [7, 11) is 0. The molecule has 5 rings (SSSR count). The van der Waals surface area contributed by atoms with Gasteiger partial charge in [0.25, 0.3) is 0 Å². The molecule has 5 nitrogen and oxygen atoms in total. The summed E-state index contributed by atoms with van der Waals surface area (Å²) >= 11 is 0. The molecule has 6 heteroatoms. The number of benzene rings is 2. The van der Waals surface area contributed by atoms with E-state index in [1.165, 1.54) is 37.8 Å². The number of unbranched alkanes of at least 4 members (excludes halogenated alkanes) is 1. The Kier molecular flexibility index (Phi) is 7.73. The molecule has 2 aliphatic rings. The standard InChI is InChI=1S/C31H36FN3O2/c1-2-3-20-33(29(36)19-14-23-9-4-5-10-23)22-30(37)35-27-12-7-6-11-26(27)34-21-8-13-28(34)31(35)24-15-17-25(32)18-16-24/h6-8,11-13,15-18,21,23,31H,2-5,9-10,14,19-20,22H2,1H3. The van der Waals surface area contributed by atoms with Gasteiger partial charge in [-0.15, -0.1) is 0 Å². The largest absolute Gasteiger partial charge is 0.333 e. The molecular formula is C31H36FN3O2. The smallest absolute Gasteiger partial charge is 0.247 e. The number of aromatic nitrogens is 1. The van der Waals surface area contributed by atoms with Crippen LogP contribution in [0.5, 0.6) is 0 Å². The fourth-order valence-electron chi connectivity index (χ4n) is 5.89. The number of rotatable bonds is 9. The van der Waals surface area contributed by atoms with Crippen LogP contribution < -0.4 is 4.90 Å². The minimum atomic E-state index is -0.417. The molecule has 1 aliphatic heterocycles. The Morgan fingerprint density at radius 3 is 2.43 bits per heavy atom. The number of anilines is 1. The lowest BCUT2D eigenvalue weighted by Crippen LogP contribution is -2.47. The van der Waals surface area contributed by atoms with Gasteiger partial charge < -0.3 is 9.47 Å². The Balaban J connectivity index is 1.45. The molecule has 0 radical (unpaired) electrons. The third kappa shape index (κ3) is 5.34. The van der Waals surface area contributed by atoms with Crippen molar-refractivity contribution in [3.63, 3.8) is 0 Å². The Labute approximate surface area is 218 Å². The van der Waals surface area contributed by atoms with Crippen molar-refractivity contribution < 1.29 is 14.0 Å². The van der Waals surface area contributed by atoms with Gasteiger partial charge in [0.1, 0.15) is 18.4 Å². The number of carbonyl (C=O) groups is 2. The highest BCUT2D eigenvalue weighted by atomic mass is 19.1. The Morgan fingerprint density at radius 2 is 1.70 bits per heavy atom. The van der Waals surface area contributed by atoms with Crippen LogP contribution in [0.1, 0.15) is 75.6 Å². The summed E-state index contributed by atoms with van der Waals surface area (Å²) in [6, 6.07) is 17.8. The van der Waals surface area contributed by atoms with E-state index in [9.17, 15) is 14.0 Å². The van der Waals surface area contributed by atoms with Crippen molar-refractivity contribution in [2.75, 3.05) is 18.0 Å². The lowest BCUT2D eigenvalue weighted by molar-refractivity contribution is -0.135. The number of para-hydroxylation sites is 2. The SMILES string of the molecule is CCCCN(CC(=O)N1c2ccccc2-n2cccc2C1c1ccc(F)cc1)C(=O)CCC1CCCC1. The molecule has 1 saturated carbocycles. The molecule has 2 aromatic carbocycles. The van der Waals surface area contributed by atoms with Gasteiger partial charge in [-0.25, -0.2) is 4.39 Å². The Bertz CT molecular complexity index is 1230. The van der Waals surface area contributed by atoms with Crippen LogP contribution in [0, 0.1) is 11.7 Å². The van der Waals surface area contributed by atoms with Gasteiger partial charge in [-0.05, 0) is 60.7 Å². The van der Waals surface area contributed by atoms with E-state index in [-0.39, 0.29) is 24.2 Å². The molecule has 1 atom stereocenters. The second kappa shape index (κ2) is 11.3. The van der Waals surface area contributed by atoms with E-state index in [0.29, 0.717) is 18.9 Å². The lowest BCUT2D eigenvalue weighted by atomic mass is 9.97. The molecule has 1 fully saturated rings. The normalized spacial score (nSPS) is 16.9. The topological polar surface area (TPSA) is 45.6 Å². The molecule has 0 bridgehead atoms. The summed E-state index contributed by atoms with van der Waals surface area (Å²) in [5.41, 5.74) is 3.48. The summed E-state index contributed by atoms with van der Waals surface area (Å²) in [6.45, 7) is 2.72. The summed E-state index contributed by atoms with van der Waals surface area (Å²) in [6.07, 6.45) is 10.2. The summed E-state index contributed by atoms with van der Waals surface area (Å²) in [4.78, 5) is 31.0. The van der Waals surface area contributed by atoms with Gasteiger partial charge in [0.05, 0.1) is 17.1 Å². The van der Waals surface area contributed by atoms with Crippen molar-refractivity contribution in [2.45, 2.75) is 64.3 Å². The zero-order valence-electron chi connectivity index (χ0n) is 21.6. The molecule has 2 amide bonds. The van der Waals surface area contributed by atoms with Crippen LogP contribution in [-0.4, -0.2) is 34.4 Å².